The Kier molecular flexibility index (Phi) is 3.42. The predicted octanol–water partition coefficient (Wildman–Crippen LogP) is 3.57. The summed E-state index contributed by atoms with van der Waals surface area (Å²) in [5.74, 6) is -0.609. The highest BCUT2D eigenvalue weighted by atomic mass is 16.4. The van der Waals surface area contributed by atoms with Crippen molar-refractivity contribution >= 4 is 5.97 Å². The van der Waals surface area contributed by atoms with Crippen LogP contribution in [0.4, 0.5) is 0 Å². The molecule has 0 saturated heterocycles. The molecule has 2 aromatic rings. The summed E-state index contributed by atoms with van der Waals surface area (Å²) in [5, 5.41) is 9.15. The van der Waals surface area contributed by atoms with Crippen LogP contribution in [-0.2, 0) is 0 Å². The van der Waals surface area contributed by atoms with Crippen molar-refractivity contribution in [3.05, 3.63) is 53.9 Å². The molecule has 92 valence electrons. The van der Waals surface area contributed by atoms with Crippen molar-refractivity contribution < 1.29 is 9.90 Å². The molecule has 1 aromatic carbocycles. The zero-order valence-electron chi connectivity index (χ0n) is 10.4. The Bertz CT molecular complexity index is 562. The van der Waals surface area contributed by atoms with Crippen molar-refractivity contribution in [2.24, 2.45) is 0 Å². The molecule has 1 aromatic heterocycles. The first-order chi connectivity index (χ1) is 8.58. The molecule has 18 heavy (non-hydrogen) atoms. The van der Waals surface area contributed by atoms with Crippen molar-refractivity contribution in [3.8, 4) is 11.1 Å². The van der Waals surface area contributed by atoms with Crippen molar-refractivity contribution in [2.45, 2.75) is 19.8 Å². The smallest absolute Gasteiger partial charge is 0.335 e. The number of hydrogen-bond donors (Lipinski definition) is 1. The molecule has 0 aliphatic heterocycles. The molecule has 0 spiro atoms. The fourth-order valence-electron chi connectivity index (χ4n) is 1.81. The van der Waals surface area contributed by atoms with Gasteiger partial charge in [0.2, 0.25) is 0 Å². The average molecular weight is 241 g/mol. The number of carboxylic acid groups (broad SMARTS) is 1. The van der Waals surface area contributed by atoms with Crippen molar-refractivity contribution in [3.63, 3.8) is 0 Å². The van der Waals surface area contributed by atoms with E-state index in [1.54, 1.807) is 24.5 Å². The third-order valence-electron chi connectivity index (χ3n) is 2.86. The van der Waals surface area contributed by atoms with E-state index in [-0.39, 0.29) is 0 Å². The van der Waals surface area contributed by atoms with Crippen LogP contribution in [0.1, 0.15) is 35.7 Å². The molecule has 1 N–H and O–H groups in total. The molecule has 0 aliphatic rings. The Labute approximate surface area is 106 Å². The first-order valence-electron chi connectivity index (χ1n) is 5.86. The highest BCUT2D eigenvalue weighted by Gasteiger charge is 2.10. The summed E-state index contributed by atoms with van der Waals surface area (Å²) in [6.07, 6.45) is 3.44. The normalized spacial score (nSPS) is 10.6. The van der Waals surface area contributed by atoms with Crippen molar-refractivity contribution in [1.82, 2.24) is 4.98 Å². The highest BCUT2D eigenvalue weighted by Crippen LogP contribution is 2.25. The summed E-state index contributed by atoms with van der Waals surface area (Å²) in [7, 11) is 0. The van der Waals surface area contributed by atoms with E-state index in [0.717, 1.165) is 16.7 Å². The fourth-order valence-corrected chi connectivity index (χ4v) is 1.81. The van der Waals surface area contributed by atoms with Crippen LogP contribution >= 0.6 is 0 Å². The quantitative estimate of drug-likeness (QED) is 0.893. The third-order valence-corrected chi connectivity index (χ3v) is 2.86. The van der Waals surface area contributed by atoms with Gasteiger partial charge < -0.3 is 5.11 Å². The topological polar surface area (TPSA) is 50.2 Å². The van der Waals surface area contributed by atoms with E-state index < -0.39 is 5.97 Å². The molecule has 0 amide bonds. The molecular weight excluding hydrogens is 226 g/mol. The molecule has 0 saturated carbocycles. The Balaban J connectivity index is 2.57. The van der Waals surface area contributed by atoms with Gasteiger partial charge in [0.25, 0.3) is 0 Å². The lowest BCUT2D eigenvalue weighted by atomic mass is 9.95. The van der Waals surface area contributed by atoms with Crippen molar-refractivity contribution in [2.75, 3.05) is 0 Å². The first-order valence-corrected chi connectivity index (χ1v) is 5.86. The fraction of sp³-hybridized carbons (Fsp3) is 0.200. The monoisotopic (exact) mass is 241 g/mol. The second-order valence-electron chi connectivity index (χ2n) is 4.55. The van der Waals surface area contributed by atoms with Gasteiger partial charge in [-0.3, -0.25) is 4.98 Å². The maximum Gasteiger partial charge on any atom is 0.335 e. The number of aromatic nitrogens is 1. The van der Waals surface area contributed by atoms with Gasteiger partial charge in [0.05, 0.1) is 5.56 Å². The maximum absolute atomic E-state index is 11.1. The van der Waals surface area contributed by atoms with E-state index >= 15 is 0 Å². The average Bonchev–Trinajstić information content (AvgIpc) is 2.39. The Morgan fingerprint density at radius 2 is 2.00 bits per heavy atom. The van der Waals surface area contributed by atoms with E-state index in [1.165, 1.54) is 0 Å². The van der Waals surface area contributed by atoms with Crippen LogP contribution in [0.3, 0.4) is 0 Å². The lowest BCUT2D eigenvalue weighted by molar-refractivity contribution is 0.0697. The zero-order chi connectivity index (χ0) is 13.1. The number of carboxylic acids is 1. The molecule has 3 nitrogen and oxygen atoms in total. The van der Waals surface area contributed by atoms with Crippen LogP contribution in [0.15, 0.2) is 42.7 Å². The molecule has 0 fully saturated rings. The van der Waals surface area contributed by atoms with Crippen LogP contribution < -0.4 is 0 Å². The number of nitrogens with zero attached hydrogens (tertiary/aromatic N) is 1. The maximum atomic E-state index is 11.1. The summed E-state index contributed by atoms with van der Waals surface area (Å²) >= 11 is 0. The van der Waals surface area contributed by atoms with E-state index in [1.807, 2.05) is 32.0 Å². The third kappa shape index (κ3) is 2.56. The van der Waals surface area contributed by atoms with Crippen LogP contribution in [0.25, 0.3) is 11.1 Å². The zero-order valence-corrected chi connectivity index (χ0v) is 10.4. The van der Waals surface area contributed by atoms with Gasteiger partial charge in [-0.25, -0.2) is 4.79 Å². The SMILES string of the molecule is CC(C)c1cc(C(=O)O)cc(-c2cccnc2)c1. The number of pyridine rings is 1. The summed E-state index contributed by atoms with van der Waals surface area (Å²) in [6.45, 7) is 4.10. The molecule has 0 radical (unpaired) electrons. The minimum atomic E-state index is -0.900. The lowest BCUT2D eigenvalue weighted by Gasteiger charge is -2.10. The Hall–Kier alpha value is -2.16. The van der Waals surface area contributed by atoms with E-state index in [4.69, 9.17) is 5.11 Å². The Morgan fingerprint density at radius 3 is 2.56 bits per heavy atom. The molecule has 0 atom stereocenters. The highest BCUT2D eigenvalue weighted by molar-refractivity contribution is 5.89. The van der Waals surface area contributed by atoms with Gasteiger partial charge in [-0.1, -0.05) is 26.0 Å². The predicted molar refractivity (Wildman–Crippen MR) is 70.7 cm³/mol. The van der Waals surface area contributed by atoms with E-state index in [0.29, 0.717) is 11.5 Å². The molecule has 2 rings (SSSR count). The standard InChI is InChI=1S/C15H15NO2/c1-10(2)12-6-13(8-14(7-12)15(17)18)11-4-3-5-16-9-11/h3-10H,1-2H3,(H,17,18). The minimum Gasteiger partial charge on any atom is -0.478 e. The number of rotatable bonds is 3. The summed E-state index contributed by atoms with van der Waals surface area (Å²) in [5.41, 5.74) is 3.17. The largest absolute Gasteiger partial charge is 0.478 e. The number of aromatic carboxylic acids is 1. The van der Waals surface area contributed by atoms with E-state index in [2.05, 4.69) is 4.98 Å². The minimum absolute atomic E-state index is 0.291. The number of carbonyl (C=O) groups is 1. The lowest BCUT2D eigenvalue weighted by Crippen LogP contribution is -1.99. The summed E-state index contributed by atoms with van der Waals surface area (Å²) < 4.78 is 0. The summed E-state index contributed by atoms with van der Waals surface area (Å²) in [4.78, 5) is 15.2. The molecule has 3 heteroatoms. The van der Waals surface area contributed by atoms with Crippen LogP contribution in [0, 0.1) is 0 Å². The first kappa shape index (κ1) is 12.3. The summed E-state index contributed by atoms with van der Waals surface area (Å²) in [6, 6.07) is 9.21. The molecule has 1 heterocycles. The number of hydrogen-bond acceptors (Lipinski definition) is 2. The van der Waals surface area contributed by atoms with Gasteiger partial charge in [-0.15, -0.1) is 0 Å². The van der Waals surface area contributed by atoms with E-state index in [9.17, 15) is 4.79 Å². The van der Waals surface area contributed by atoms with Crippen molar-refractivity contribution in [1.29, 1.82) is 0 Å². The molecule has 0 aliphatic carbocycles. The van der Waals surface area contributed by atoms with Gasteiger partial charge in [-0.2, -0.15) is 0 Å². The van der Waals surface area contributed by atoms with Crippen LogP contribution in [0.2, 0.25) is 0 Å². The van der Waals surface area contributed by atoms with Gasteiger partial charge in [0, 0.05) is 18.0 Å². The van der Waals surface area contributed by atoms with Gasteiger partial charge in [0.15, 0.2) is 0 Å². The second kappa shape index (κ2) is 5.00. The van der Waals surface area contributed by atoms with Crippen LogP contribution in [0.5, 0.6) is 0 Å². The molecule has 0 bridgehead atoms. The van der Waals surface area contributed by atoms with Crippen LogP contribution in [-0.4, -0.2) is 16.1 Å². The second-order valence-corrected chi connectivity index (χ2v) is 4.55. The van der Waals surface area contributed by atoms with Gasteiger partial charge in [-0.05, 0) is 35.2 Å². The molecular formula is C15H15NO2. The number of benzene rings is 1. The Morgan fingerprint density at radius 1 is 1.22 bits per heavy atom. The van der Waals surface area contributed by atoms with Gasteiger partial charge in [0.1, 0.15) is 0 Å². The van der Waals surface area contributed by atoms with Gasteiger partial charge >= 0.3 is 5.97 Å². The molecule has 0 unspecified atom stereocenters.